The van der Waals surface area contributed by atoms with Crippen molar-refractivity contribution in [2.45, 2.75) is 6.42 Å². The average Bonchev–Trinajstić information content (AvgIpc) is 3.29. The van der Waals surface area contributed by atoms with Crippen molar-refractivity contribution in [1.82, 2.24) is 5.01 Å². The molecule has 5 rings (SSSR count). The van der Waals surface area contributed by atoms with E-state index in [0.29, 0.717) is 5.56 Å². The van der Waals surface area contributed by atoms with Crippen molar-refractivity contribution in [3.8, 4) is 5.75 Å². The molecule has 1 aliphatic heterocycles. The van der Waals surface area contributed by atoms with Gasteiger partial charge in [-0.2, -0.15) is 10.1 Å². The van der Waals surface area contributed by atoms with Crippen molar-refractivity contribution in [2.24, 2.45) is 28.8 Å². The number of hydrogen-bond donors (Lipinski definition) is 1. The number of allylic oxidation sites excluding steroid dienone is 2. The summed E-state index contributed by atoms with van der Waals surface area (Å²) in [6, 6.07) is 11.0. The van der Waals surface area contributed by atoms with Crippen LogP contribution >= 0.6 is 0 Å². The van der Waals surface area contributed by atoms with Gasteiger partial charge in [0.2, 0.25) is 0 Å². The predicted molar refractivity (Wildman–Crippen MR) is 92.8 cm³/mol. The number of phenols is 1. The number of imide groups is 1. The minimum Gasteiger partial charge on any atom is -0.507 e. The third kappa shape index (κ3) is 1.92. The van der Waals surface area contributed by atoms with Gasteiger partial charge in [-0.05, 0) is 35.1 Å². The molecule has 2 bridgehead atoms. The molecular formula is C20H16N2O3. The highest BCUT2D eigenvalue weighted by atomic mass is 16.3. The molecular weight excluding hydrogens is 316 g/mol. The number of benzene rings is 2. The predicted octanol–water partition coefficient (Wildman–Crippen LogP) is 2.69. The molecule has 5 heteroatoms. The molecule has 5 nitrogen and oxygen atoms in total. The van der Waals surface area contributed by atoms with E-state index in [-0.39, 0.29) is 41.2 Å². The Morgan fingerprint density at radius 2 is 1.68 bits per heavy atom. The van der Waals surface area contributed by atoms with E-state index >= 15 is 0 Å². The topological polar surface area (TPSA) is 70.0 Å². The molecule has 2 aromatic rings. The van der Waals surface area contributed by atoms with E-state index in [0.717, 1.165) is 22.2 Å². The minimum absolute atomic E-state index is 0.0727. The number of aromatic hydroxyl groups is 1. The number of fused-ring (bicyclic) bond motifs is 6. The number of hydrazone groups is 1. The van der Waals surface area contributed by atoms with Gasteiger partial charge in [-0.25, -0.2) is 0 Å². The van der Waals surface area contributed by atoms with E-state index < -0.39 is 0 Å². The Morgan fingerprint density at radius 1 is 1.00 bits per heavy atom. The minimum atomic E-state index is -0.263. The van der Waals surface area contributed by atoms with Crippen LogP contribution in [0.2, 0.25) is 0 Å². The lowest BCUT2D eigenvalue weighted by Gasteiger charge is -2.13. The van der Waals surface area contributed by atoms with Crippen LogP contribution in [-0.2, 0) is 9.59 Å². The van der Waals surface area contributed by atoms with Crippen LogP contribution in [-0.4, -0.2) is 28.1 Å². The molecule has 2 fully saturated rings. The Bertz CT molecular complexity index is 948. The lowest BCUT2D eigenvalue weighted by Crippen LogP contribution is -2.28. The SMILES string of the molecule is O=C1C2C3C=CC(C3)C2C(=O)N1N=Cc1c(O)ccc2ccccc12. The second kappa shape index (κ2) is 5.02. The Morgan fingerprint density at radius 3 is 2.40 bits per heavy atom. The number of nitrogens with zero attached hydrogens (tertiary/aromatic N) is 2. The summed E-state index contributed by atoms with van der Waals surface area (Å²) in [6.07, 6.45) is 6.43. The monoisotopic (exact) mass is 332 g/mol. The standard InChI is InChI=1S/C20H16N2O3/c23-16-8-7-11-3-1-2-4-14(11)15(16)10-21-22-19(24)17-12-5-6-13(9-12)18(17)20(22)25/h1-8,10,12-13,17-18,23H,9H2. The molecule has 1 saturated carbocycles. The fraction of sp³-hybridized carbons (Fsp3) is 0.250. The van der Waals surface area contributed by atoms with Gasteiger partial charge in [-0.1, -0.05) is 42.5 Å². The van der Waals surface area contributed by atoms with Gasteiger partial charge in [-0.15, -0.1) is 0 Å². The van der Waals surface area contributed by atoms with Gasteiger partial charge in [0.25, 0.3) is 11.8 Å². The Balaban J connectivity index is 1.52. The highest BCUT2D eigenvalue weighted by molar-refractivity contribution is 6.08. The Kier molecular flexibility index (Phi) is 2.89. The molecule has 1 saturated heterocycles. The fourth-order valence-corrected chi connectivity index (χ4v) is 4.54. The summed E-state index contributed by atoms with van der Waals surface area (Å²) >= 11 is 0. The van der Waals surface area contributed by atoms with Gasteiger partial charge >= 0.3 is 0 Å². The highest BCUT2D eigenvalue weighted by Crippen LogP contribution is 2.52. The first kappa shape index (κ1) is 14.4. The molecule has 1 N–H and O–H groups in total. The van der Waals surface area contributed by atoms with Gasteiger partial charge in [-0.3, -0.25) is 9.59 Å². The summed E-state index contributed by atoms with van der Waals surface area (Å²) in [7, 11) is 0. The number of rotatable bonds is 2. The van der Waals surface area contributed by atoms with Gasteiger partial charge < -0.3 is 5.11 Å². The van der Waals surface area contributed by atoms with Gasteiger partial charge in [0.15, 0.2) is 0 Å². The number of phenolic OH excluding ortho intramolecular Hbond substituents is 1. The van der Waals surface area contributed by atoms with Crippen molar-refractivity contribution in [2.75, 3.05) is 0 Å². The van der Waals surface area contributed by atoms with E-state index in [1.165, 1.54) is 6.21 Å². The summed E-state index contributed by atoms with van der Waals surface area (Å²) in [5, 5.41) is 17.1. The number of carbonyl (C=O) groups is 2. The number of hydrogen-bond acceptors (Lipinski definition) is 4. The zero-order valence-electron chi connectivity index (χ0n) is 13.4. The molecule has 1 heterocycles. The third-order valence-electron chi connectivity index (χ3n) is 5.70. The van der Waals surface area contributed by atoms with Crippen LogP contribution in [0.3, 0.4) is 0 Å². The lowest BCUT2D eigenvalue weighted by molar-refractivity contribution is -0.140. The normalized spacial score (nSPS) is 30.2. The van der Waals surface area contributed by atoms with Crippen molar-refractivity contribution in [3.05, 3.63) is 54.1 Å². The van der Waals surface area contributed by atoms with Crippen LogP contribution in [0, 0.1) is 23.7 Å². The number of carbonyl (C=O) groups excluding carboxylic acids is 2. The maximum atomic E-state index is 12.7. The Hall–Kier alpha value is -2.95. The molecule has 0 spiro atoms. The van der Waals surface area contributed by atoms with E-state index in [9.17, 15) is 14.7 Å². The maximum Gasteiger partial charge on any atom is 0.254 e. The van der Waals surface area contributed by atoms with Crippen LogP contribution in [0.4, 0.5) is 0 Å². The zero-order chi connectivity index (χ0) is 17.1. The van der Waals surface area contributed by atoms with E-state index in [4.69, 9.17) is 0 Å². The quantitative estimate of drug-likeness (QED) is 0.522. The van der Waals surface area contributed by atoms with E-state index in [1.54, 1.807) is 6.07 Å². The first-order valence-corrected chi connectivity index (χ1v) is 8.46. The van der Waals surface area contributed by atoms with Crippen molar-refractivity contribution < 1.29 is 14.7 Å². The second-order valence-corrected chi connectivity index (χ2v) is 6.95. The molecule has 2 aromatic carbocycles. The van der Waals surface area contributed by atoms with Crippen molar-refractivity contribution in [3.63, 3.8) is 0 Å². The average molecular weight is 332 g/mol. The summed E-state index contributed by atoms with van der Waals surface area (Å²) in [4.78, 5) is 25.3. The largest absolute Gasteiger partial charge is 0.507 e. The molecule has 0 aromatic heterocycles. The van der Waals surface area contributed by atoms with Crippen LogP contribution in [0.1, 0.15) is 12.0 Å². The van der Waals surface area contributed by atoms with Crippen molar-refractivity contribution >= 4 is 28.8 Å². The molecule has 0 radical (unpaired) electrons. The Labute approximate surface area is 144 Å². The third-order valence-corrected chi connectivity index (χ3v) is 5.70. The van der Waals surface area contributed by atoms with Gasteiger partial charge in [0, 0.05) is 5.56 Å². The zero-order valence-corrected chi connectivity index (χ0v) is 13.4. The highest BCUT2D eigenvalue weighted by Gasteiger charge is 2.59. The van der Waals surface area contributed by atoms with Crippen molar-refractivity contribution in [1.29, 1.82) is 0 Å². The van der Waals surface area contributed by atoms with Gasteiger partial charge in [0.05, 0.1) is 18.1 Å². The van der Waals surface area contributed by atoms with E-state index in [2.05, 4.69) is 17.3 Å². The molecule has 2 amide bonds. The summed E-state index contributed by atoms with van der Waals surface area (Å²) in [5.41, 5.74) is 0.511. The molecule has 4 atom stereocenters. The molecule has 4 unspecified atom stereocenters. The summed E-state index contributed by atoms with van der Waals surface area (Å²) in [5.74, 6) is -0.564. The molecule has 124 valence electrons. The van der Waals surface area contributed by atoms with Gasteiger partial charge in [0.1, 0.15) is 5.75 Å². The number of amides is 2. The lowest BCUT2D eigenvalue weighted by atomic mass is 9.85. The molecule has 25 heavy (non-hydrogen) atoms. The van der Waals surface area contributed by atoms with E-state index in [1.807, 2.05) is 30.3 Å². The van der Waals surface area contributed by atoms with Crippen LogP contribution in [0.25, 0.3) is 10.8 Å². The summed E-state index contributed by atoms with van der Waals surface area (Å²) < 4.78 is 0. The van der Waals surface area contributed by atoms with Crippen LogP contribution in [0.5, 0.6) is 5.75 Å². The molecule has 2 aliphatic carbocycles. The maximum absolute atomic E-state index is 12.7. The fourth-order valence-electron chi connectivity index (χ4n) is 4.54. The van der Waals surface area contributed by atoms with Crippen LogP contribution in [0.15, 0.2) is 53.7 Å². The first-order valence-electron chi connectivity index (χ1n) is 8.46. The second-order valence-electron chi connectivity index (χ2n) is 6.95. The smallest absolute Gasteiger partial charge is 0.254 e. The van der Waals surface area contributed by atoms with Crippen LogP contribution < -0.4 is 0 Å². The first-order chi connectivity index (χ1) is 12.1. The molecule has 3 aliphatic rings. The summed E-state index contributed by atoms with van der Waals surface area (Å²) in [6.45, 7) is 0.